The lowest BCUT2D eigenvalue weighted by Crippen LogP contribution is -2.43. The normalized spacial score (nSPS) is 18.6. The second kappa shape index (κ2) is 10.5. The molecule has 3 rings (SSSR count). The van der Waals surface area contributed by atoms with Gasteiger partial charge in [-0.3, -0.25) is 9.69 Å². The molecule has 0 N–H and O–H groups in total. The fourth-order valence-corrected chi connectivity index (χ4v) is 4.14. The highest BCUT2D eigenvalue weighted by atomic mass is 19.4. The van der Waals surface area contributed by atoms with E-state index in [4.69, 9.17) is 4.74 Å². The lowest BCUT2D eigenvalue weighted by Gasteiger charge is -2.32. The van der Waals surface area contributed by atoms with Crippen molar-refractivity contribution in [1.29, 1.82) is 0 Å². The van der Waals surface area contributed by atoms with Crippen molar-refractivity contribution in [3.63, 3.8) is 0 Å². The van der Waals surface area contributed by atoms with Gasteiger partial charge >= 0.3 is 12.3 Å². The molecule has 2 aromatic rings. The number of esters is 1. The van der Waals surface area contributed by atoms with Crippen molar-refractivity contribution in [2.45, 2.75) is 65.8 Å². The zero-order chi connectivity index (χ0) is 25.0. The van der Waals surface area contributed by atoms with E-state index in [1.54, 1.807) is 6.92 Å². The number of rotatable bonds is 7. The van der Waals surface area contributed by atoms with E-state index in [-0.39, 0.29) is 41.6 Å². The standard InChI is InChI=1S/C24H30F3N3O4/c1-5-33-23(32)20-14-29(18-10-12-19(13-11-18)34-24(25,26)27)28-21(20)30(15(2)3)22(31)17-8-6-16(4)7-9-17/h10-17H,5-9H2,1-4H3. The first-order valence-corrected chi connectivity index (χ1v) is 11.5. The van der Waals surface area contributed by atoms with Crippen molar-refractivity contribution < 1.29 is 32.2 Å². The van der Waals surface area contributed by atoms with Crippen molar-refractivity contribution in [3.05, 3.63) is 36.0 Å². The van der Waals surface area contributed by atoms with E-state index in [9.17, 15) is 22.8 Å². The van der Waals surface area contributed by atoms with Crippen molar-refractivity contribution in [3.8, 4) is 11.4 Å². The summed E-state index contributed by atoms with van der Waals surface area (Å²) in [5, 5.41) is 4.50. The Morgan fingerprint density at radius 1 is 1.15 bits per heavy atom. The van der Waals surface area contributed by atoms with E-state index in [0.717, 1.165) is 37.8 Å². The molecule has 1 aliphatic carbocycles. The van der Waals surface area contributed by atoms with Crippen LogP contribution in [-0.4, -0.2) is 40.7 Å². The fraction of sp³-hybridized carbons (Fsp3) is 0.542. The lowest BCUT2D eigenvalue weighted by molar-refractivity contribution is -0.274. The molecule has 7 nitrogen and oxygen atoms in total. The topological polar surface area (TPSA) is 73.7 Å². The highest BCUT2D eigenvalue weighted by molar-refractivity contribution is 6.02. The zero-order valence-corrected chi connectivity index (χ0v) is 19.8. The Balaban J connectivity index is 1.98. The van der Waals surface area contributed by atoms with Crippen LogP contribution in [0.15, 0.2) is 30.5 Å². The van der Waals surface area contributed by atoms with E-state index < -0.39 is 12.3 Å². The highest BCUT2D eigenvalue weighted by Crippen LogP contribution is 2.33. The smallest absolute Gasteiger partial charge is 0.462 e. The average molecular weight is 482 g/mol. The van der Waals surface area contributed by atoms with Gasteiger partial charge in [-0.25, -0.2) is 9.48 Å². The Hall–Kier alpha value is -3.04. The minimum absolute atomic E-state index is 0.0911. The number of carbonyl (C=O) groups excluding carboxylic acids is 2. The monoisotopic (exact) mass is 481 g/mol. The molecule has 0 atom stereocenters. The highest BCUT2D eigenvalue weighted by Gasteiger charge is 2.35. The third-order valence-electron chi connectivity index (χ3n) is 5.87. The van der Waals surface area contributed by atoms with Crippen LogP contribution in [0.1, 0.15) is 63.7 Å². The average Bonchev–Trinajstić information content (AvgIpc) is 3.18. The lowest BCUT2D eigenvalue weighted by atomic mass is 9.82. The Bertz CT molecular complexity index is 994. The zero-order valence-electron chi connectivity index (χ0n) is 19.8. The molecule has 0 saturated heterocycles. The minimum Gasteiger partial charge on any atom is -0.462 e. The number of ether oxygens (including phenoxy) is 2. The predicted molar refractivity (Wildman–Crippen MR) is 120 cm³/mol. The Morgan fingerprint density at radius 3 is 2.29 bits per heavy atom. The molecule has 0 aliphatic heterocycles. The van der Waals surface area contributed by atoms with Crippen LogP contribution >= 0.6 is 0 Å². The van der Waals surface area contributed by atoms with Gasteiger partial charge in [-0.05, 0) is 76.6 Å². The molecule has 1 heterocycles. The van der Waals surface area contributed by atoms with Gasteiger partial charge in [-0.15, -0.1) is 18.3 Å². The number of amides is 1. The van der Waals surface area contributed by atoms with Gasteiger partial charge in [0, 0.05) is 18.2 Å². The molecular formula is C24H30F3N3O4. The Kier molecular flexibility index (Phi) is 7.89. The first-order valence-electron chi connectivity index (χ1n) is 11.5. The van der Waals surface area contributed by atoms with Crippen LogP contribution in [0.2, 0.25) is 0 Å². The summed E-state index contributed by atoms with van der Waals surface area (Å²) in [5.74, 6) is -0.497. The van der Waals surface area contributed by atoms with Gasteiger partial charge in [0.05, 0.1) is 12.3 Å². The largest absolute Gasteiger partial charge is 0.573 e. The van der Waals surface area contributed by atoms with Gasteiger partial charge in [0.25, 0.3) is 0 Å². The van der Waals surface area contributed by atoms with E-state index in [1.165, 1.54) is 27.9 Å². The summed E-state index contributed by atoms with van der Waals surface area (Å²) in [6.45, 7) is 7.69. The molecule has 0 bridgehead atoms. The van der Waals surface area contributed by atoms with Gasteiger partial charge in [0.15, 0.2) is 5.82 Å². The van der Waals surface area contributed by atoms with Crippen LogP contribution in [0.25, 0.3) is 5.69 Å². The van der Waals surface area contributed by atoms with Crippen LogP contribution in [-0.2, 0) is 9.53 Å². The molecule has 0 unspecified atom stereocenters. The van der Waals surface area contributed by atoms with Crippen LogP contribution in [0.3, 0.4) is 0 Å². The first kappa shape index (κ1) is 25.6. The number of anilines is 1. The van der Waals surface area contributed by atoms with Crippen LogP contribution < -0.4 is 9.64 Å². The van der Waals surface area contributed by atoms with Crippen molar-refractivity contribution in [1.82, 2.24) is 9.78 Å². The minimum atomic E-state index is -4.80. The van der Waals surface area contributed by atoms with E-state index in [0.29, 0.717) is 11.6 Å². The van der Waals surface area contributed by atoms with Gasteiger partial charge in [-0.2, -0.15) is 0 Å². The molecule has 10 heteroatoms. The van der Waals surface area contributed by atoms with Crippen LogP contribution in [0.5, 0.6) is 5.75 Å². The number of nitrogens with zero attached hydrogens (tertiary/aromatic N) is 3. The second-order valence-electron chi connectivity index (χ2n) is 8.83. The summed E-state index contributed by atoms with van der Waals surface area (Å²) in [6, 6.07) is 4.81. The number of hydrogen-bond acceptors (Lipinski definition) is 5. The summed E-state index contributed by atoms with van der Waals surface area (Å²) in [7, 11) is 0. The molecule has 1 fully saturated rings. The summed E-state index contributed by atoms with van der Waals surface area (Å²) in [4.78, 5) is 27.8. The molecule has 1 aromatic heterocycles. The number of aromatic nitrogens is 2. The maximum atomic E-state index is 13.5. The quantitative estimate of drug-likeness (QED) is 0.487. The maximum absolute atomic E-state index is 13.5. The number of carbonyl (C=O) groups is 2. The van der Waals surface area contributed by atoms with E-state index >= 15 is 0 Å². The van der Waals surface area contributed by atoms with Gasteiger partial charge in [0.1, 0.15) is 11.3 Å². The second-order valence-corrected chi connectivity index (χ2v) is 8.83. The number of hydrogen-bond donors (Lipinski definition) is 0. The van der Waals surface area contributed by atoms with Gasteiger partial charge in [-0.1, -0.05) is 6.92 Å². The summed E-state index contributed by atoms with van der Waals surface area (Å²) in [6.07, 6.45) is 0.117. The fourth-order valence-electron chi connectivity index (χ4n) is 4.14. The number of alkyl halides is 3. The van der Waals surface area contributed by atoms with E-state index in [1.807, 2.05) is 13.8 Å². The molecule has 1 amide bonds. The molecule has 34 heavy (non-hydrogen) atoms. The van der Waals surface area contributed by atoms with E-state index in [2.05, 4.69) is 16.8 Å². The molecule has 186 valence electrons. The number of benzene rings is 1. The third-order valence-corrected chi connectivity index (χ3v) is 5.87. The predicted octanol–water partition coefficient (Wildman–Crippen LogP) is 5.52. The van der Waals surface area contributed by atoms with Gasteiger partial charge in [0.2, 0.25) is 5.91 Å². The molecule has 1 saturated carbocycles. The summed E-state index contributed by atoms with van der Waals surface area (Å²) in [5.41, 5.74) is 0.512. The van der Waals surface area contributed by atoms with Crippen LogP contribution in [0.4, 0.5) is 19.0 Å². The molecular weight excluding hydrogens is 451 g/mol. The van der Waals surface area contributed by atoms with Crippen molar-refractivity contribution >= 4 is 17.7 Å². The summed E-state index contributed by atoms with van der Waals surface area (Å²) >= 11 is 0. The van der Waals surface area contributed by atoms with Crippen molar-refractivity contribution in [2.75, 3.05) is 11.5 Å². The molecule has 1 aromatic carbocycles. The first-order chi connectivity index (χ1) is 16.0. The molecule has 1 aliphatic rings. The SMILES string of the molecule is CCOC(=O)c1cn(-c2ccc(OC(F)(F)F)cc2)nc1N(C(=O)C1CCC(C)CC1)C(C)C. The summed E-state index contributed by atoms with van der Waals surface area (Å²) < 4.78 is 47.9. The third kappa shape index (κ3) is 6.09. The van der Waals surface area contributed by atoms with Crippen LogP contribution in [0, 0.1) is 11.8 Å². The number of halogens is 3. The molecule has 0 spiro atoms. The Morgan fingerprint density at radius 2 is 1.76 bits per heavy atom. The molecule has 0 radical (unpaired) electrons. The van der Waals surface area contributed by atoms with Crippen molar-refractivity contribution in [2.24, 2.45) is 11.8 Å². The Labute approximate surface area is 196 Å². The maximum Gasteiger partial charge on any atom is 0.573 e. The van der Waals surface area contributed by atoms with Gasteiger partial charge < -0.3 is 9.47 Å².